The molecule has 5 rings (SSSR count). The molecule has 2 aliphatic heterocycles. The molecule has 2 N–H and O–H groups in total. The van der Waals surface area contributed by atoms with Gasteiger partial charge in [-0.2, -0.15) is 0 Å². The van der Waals surface area contributed by atoms with Gasteiger partial charge >= 0.3 is 0 Å². The van der Waals surface area contributed by atoms with E-state index in [4.69, 9.17) is 14.9 Å². The number of carbonyl (C=O) groups excluding carboxylic acids is 1. The summed E-state index contributed by atoms with van der Waals surface area (Å²) in [5, 5.41) is 0. The molecule has 1 saturated heterocycles. The van der Waals surface area contributed by atoms with Crippen LogP contribution < -0.4 is 10.5 Å². The van der Waals surface area contributed by atoms with Crippen molar-refractivity contribution < 1.29 is 22.5 Å². The molecule has 2 aromatic carbocycles. The van der Waals surface area contributed by atoms with Crippen LogP contribution in [0.4, 0.5) is 4.39 Å². The Hall–Kier alpha value is -3.41. The number of thiol groups is 1. The Morgan fingerprint density at radius 2 is 1.89 bits per heavy atom. The first-order valence-corrected chi connectivity index (χ1v) is 15.1. The molecule has 6 nitrogen and oxygen atoms in total. The van der Waals surface area contributed by atoms with E-state index in [1.165, 1.54) is 11.6 Å². The van der Waals surface area contributed by atoms with E-state index in [-0.39, 0.29) is 34.2 Å². The second kappa shape index (κ2) is 9.81. The van der Waals surface area contributed by atoms with E-state index in [1.54, 1.807) is 41.7 Å². The summed E-state index contributed by atoms with van der Waals surface area (Å²) in [6, 6.07) is 14.0. The molecule has 0 aliphatic carbocycles. The molecule has 0 bridgehead atoms. The molecule has 1 fully saturated rings. The number of nitrogens with zero attached hydrogens (tertiary/aromatic N) is 1. The van der Waals surface area contributed by atoms with Gasteiger partial charge in [-0.1, -0.05) is 30.2 Å². The zero-order valence-electron chi connectivity index (χ0n) is 21.1. The van der Waals surface area contributed by atoms with Crippen LogP contribution in [0, 0.1) is 17.7 Å². The summed E-state index contributed by atoms with van der Waals surface area (Å²) in [5.74, 6) is 6.44. The van der Waals surface area contributed by atoms with Crippen LogP contribution in [0.15, 0.2) is 52.9 Å². The van der Waals surface area contributed by atoms with Gasteiger partial charge in [-0.05, 0) is 61.1 Å². The summed E-state index contributed by atoms with van der Waals surface area (Å²) in [6.07, 6.45) is 4.87. The van der Waals surface area contributed by atoms with Crippen molar-refractivity contribution in [1.82, 2.24) is 4.90 Å². The van der Waals surface area contributed by atoms with Gasteiger partial charge in [-0.15, -0.1) is 9.93 Å². The maximum absolute atomic E-state index is 14.0. The van der Waals surface area contributed by atoms with Crippen LogP contribution in [-0.4, -0.2) is 47.2 Å². The van der Waals surface area contributed by atoms with Crippen LogP contribution in [0.5, 0.6) is 5.75 Å². The molecule has 3 heterocycles. The molecule has 1 aromatic heterocycles. The maximum atomic E-state index is 14.0. The second-order valence-corrected chi connectivity index (χ2v) is 13.8. The molecule has 0 unspecified atom stereocenters. The number of rotatable bonds is 4. The van der Waals surface area contributed by atoms with Gasteiger partial charge in [-0.3, -0.25) is 9.00 Å². The minimum Gasteiger partial charge on any atom is -0.492 e. The second-order valence-electron chi connectivity index (χ2n) is 10.3. The number of nitrogens with two attached hydrogens (primary N) is 1. The minimum atomic E-state index is -2.50. The molecule has 2 aliphatic rings. The van der Waals surface area contributed by atoms with Crippen LogP contribution in [0.1, 0.15) is 51.4 Å². The predicted molar refractivity (Wildman–Crippen MR) is 143 cm³/mol. The van der Waals surface area contributed by atoms with E-state index in [2.05, 4.69) is 17.9 Å². The zero-order valence-corrected chi connectivity index (χ0v) is 21.9. The fourth-order valence-corrected chi connectivity index (χ4v) is 6.18. The van der Waals surface area contributed by atoms with Crippen molar-refractivity contribution in [3.8, 4) is 17.6 Å². The number of piperidine rings is 1. The molecule has 0 radical (unpaired) electrons. The van der Waals surface area contributed by atoms with E-state index in [0.29, 0.717) is 31.8 Å². The Kier molecular flexibility index (Phi) is 6.69. The smallest absolute Gasteiger partial charge is 0.289 e. The highest BCUT2D eigenvalue weighted by Gasteiger charge is 2.44. The average molecular weight is 523 g/mol. The van der Waals surface area contributed by atoms with E-state index >= 15 is 0 Å². The Labute approximate surface area is 217 Å². The Morgan fingerprint density at radius 1 is 1.14 bits per heavy atom. The first kappa shape index (κ1) is 25.2. The summed E-state index contributed by atoms with van der Waals surface area (Å²) < 4.78 is 38.5. The maximum Gasteiger partial charge on any atom is 0.289 e. The SMILES string of the molecule is C[SH](C)(=O)Cc1cc(C#Cc2ccccc2F)oc1C(=O)N1CCC2(CC1)COc1ccc(CN)cc12. The molecule has 37 heavy (non-hydrogen) atoms. The van der Waals surface area contributed by atoms with Gasteiger partial charge in [0.25, 0.3) is 5.91 Å². The van der Waals surface area contributed by atoms with E-state index in [0.717, 1.165) is 24.2 Å². The molecule has 8 heteroatoms. The third-order valence-electron chi connectivity index (χ3n) is 7.11. The first-order valence-electron chi connectivity index (χ1n) is 12.4. The zero-order chi connectivity index (χ0) is 26.2. The van der Waals surface area contributed by atoms with Gasteiger partial charge in [0.2, 0.25) is 0 Å². The molecular weight excluding hydrogens is 491 g/mol. The highest BCUT2D eigenvalue weighted by Crippen LogP contribution is 2.46. The van der Waals surface area contributed by atoms with Crippen LogP contribution >= 0.6 is 0 Å². The number of likely N-dealkylation sites (tertiary alicyclic amines) is 1. The third kappa shape index (κ3) is 5.20. The normalized spacial score (nSPS) is 16.6. The quantitative estimate of drug-likeness (QED) is 0.404. The number of ether oxygens (including phenoxy) is 1. The molecule has 3 aromatic rings. The lowest BCUT2D eigenvalue weighted by molar-refractivity contribution is 0.0614. The van der Waals surface area contributed by atoms with Crippen molar-refractivity contribution in [2.45, 2.75) is 30.6 Å². The Balaban J connectivity index is 1.38. The van der Waals surface area contributed by atoms with Gasteiger partial charge in [0, 0.05) is 41.9 Å². The largest absolute Gasteiger partial charge is 0.492 e. The summed E-state index contributed by atoms with van der Waals surface area (Å²) in [5.41, 5.74) is 8.76. The monoisotopic (exact) mass is 522 g/mol. The van der Waals surface area contributed by atoms with Crippen molar-refractivity contribution in [2.75, 3.05) is 32.2 Å². The number of halogens is 1. The van der Waals surface area contributed by atoms with Crippen LogP contribution in [0.3, 0.4) is 0 Å². The fraction of sp³-hybridized carbons (Fsp3) is 0.345. The number of carbonyl (C=O) groups is 1. The van der Waals surface area contributed by atoms with Crippen LogP contribution in [0.25, 0.3) is 0 Å². The number of fused-ring (bicyclic) bond motifs is 2. The molecule has 194 valence electrons. The van der Waals surface area contributed by atoms with Gasteiger partial charge in [-0.25, -0.2) is 4.39 Å². The summed E-state index contributed by atoms with van der Waals surface area (Å²) in [7, 11) is -2.50. The lowest BCUT2D eigenvalue weighted by atomic mass is 9.74. The molecular formula is C29H31FN2O4S. The summed E-state index contributed by atoms with van der Waals surface area (Å²) >= 11 is 0. The lowest BCUT2D eigenvalue weighted by Crippen LogP contribution is -2.46. The topological polar surface area (TPSA) is 85.8 Å². The molecule has 1 spiro atoms. The number of amides is 1. The lowest BCUT2D eigenvalue weighted by Gasteiger charge is -2.38. The van der Waals surface area contributed by atoms with Gasteiger partial charge in [0.05, 0.1) is 12.2 Å². The summed E-state index contributed by atoms with van der Waals surface area (Å²) in [6.45, 7) is 2.15. The highest BCUT2D eigenvalue weighted by molar-refractivity contribution is 8.01. The van der Waals surface area contributed by atoms with Crippen molar-refractivity contribution in [3.63, 3.8) is 0 Å². The van der Waals surface area contributed by atoms with Crippen LogP contribution in [-0.2, 0) is 27.6 Å². The van der Waals surface area contributed by atoms with Gasteiger partial charge < -0.3 is 19.8 Å². The number of hydrogen-bond acceptors (Lipinski definition) is 5. The van der Waals surface area contributed by atoms with E-state index < -0.39 is 15.7 Å². The van der Waals surface area contributed by atoms with Crippen molar-refractivity contribution in [3.05, 3.63) is 88.1 Å². The first-order chi connectivity index (χ1) is 17.7. The van der Waals surface area contributed by atoms with E-state index in [1.807, 2.05) is 12.1 Å². The Morgan fingerprint density at radius 3 is 2.59 bits per heavy atom. The molecule has 1 amide bonds. The highest BCUT2D eigenvalue weighted by atomic mass is 32.2. The predicted octanol–water partition coefficient (Wildman–Crippen LogP) is 3.62. The minimum absolute atomic E-state index is 0.137. The third-order valence-corrected chi connectivity index (χ3v) is 8.21. The fourth-order valence-electron chi connectivity index (χ4n) is 5.12. The standard InChI is InChI=1S/C29H31FN2O4S/c1-37(2,34)18-22-16-23(9-8-21-5-3-4-6-25(21)30)36-27(22)28(33)32-13-11-29(12-14-32)19-35-26-10-7-20(17-31)15-24(26)29/h3-7,10,15-16,37H,11-14,17-19,31H2,1-2H3. The van der Waals surface area contributed by atoms with Gasteiger partial charge in [0.1, 0.15) is 11.6 Å². The molecule has 0 saturated carbocycles. The van der Waals surface area contributed by atoms with Crippen molar-refractivity contribution in [2.24, 2.45) is 5.73 Å². The van der Waals surface area contributed by atoms with Crippen molar-refractivity contribution >= 4 is 15.8 Å². The van der Waals surface area contributed by atoms with Crippen molar-refractivity contribution in [1.29, 1.82) is 0 Å². The van der Waals surface area contributed by atoms with E-state index in [9.17, 15) is 13.4 Å². The Bertz CT molecular complexity index is 1450. The number of furan rings is 1. The molecule has 0 atom stereocenters. The van der Waals surface area contributed by atoms with Crippen LogP contribution in [0.2, 0.25) is 0 Å². The van der Waals surface area contributed by atoms with Gasteiger partial charge in [0.15, 0.2) is 11.5 Å². The summed E-state index contributed by atoms with van der Waals surface area (Å²) in [4.78, 5) is 15.4. The average Bonchev–Trinajstić information content (AvgIpc) is 3.43. The number of benzene rings is 2. The number of hydrogen-bond donors (Lipinski definition) is 2.